The fourth-order valence-corrected chi connectivity index (χ4v) is 7.33. The standard InChI is InChI=1S/C20H26N2O2S2/c1-17-9-10-19(25-17)26(23,24)22-15-11-20(12-16-22,21-13-5-6-14-21)18-7-3-2-4-8-18/h2-4,7-10H,5-6,11-16H2,1H3. The van der Waals surface area contributed by atoms with Gasteiger partial charge in [-0.3, -0.25) is 4.90 Å². The third kappa shape index (κ3) is 3.13. The first kappa shape index (κ1) is 18.2. The second-order valence-electron chi connectivity index (χ2n) is 7.36. The molecular weight excluding hydrogens is 364 g/mol. The minimum atomic E-state index is -3.36. The smallest absolute Gasteiger partial charge is 0.252 e. The molecule has 0 saturated carbocycles. The summed E-state index contributed by atoms with van der Waals surface area (Å²) in [6.45, 7) is 5.36. The van der Waals surface area contributed by atoms with Crippen molar-refractivity contribution in [2.75, 3.05) is 26.2 Å². The van der Waals surface area contributed by atoms with E-state index in [4.69, 9.17) is 0 Å². The van der Waals surface area contributed by atoms with Crippen LogP contribution < -0.4 is 0 Å². The molecule has 4 rings (SSSR count). The molecule has 1 aromatic carbocycles. The highest BCUT2D eigenvalue weighted by Gasteiger charge is 2.44. The maximum Gasteiger partial charge on any atom is 0.252 e. The fraction of sp³-hybridized carbons (Fsp3) is 0.500. The Kier molecular flexibility index (Phi) is 4.94. The molecular formula is C20H26N2O2S2. The van der Waals surface area contributed by atoms with E-state index in [1.165, 1.54) is 29.7 Å². The van der Waals surface area contributed by atoms with Crippen molar-refractivity contribution < 1.29 is 8.42 Å². The minimum Gasteiger partial charge on any atom is -0.293 e. The number of likely N-dealkylation sites (tertiary alicyclic amines) is 1. The molecule has 0 bridgehead atoms. The highest BCUT2D eigenvalue weighted by molar-refractivity contribution is 7.91. The number of piperidine rings is 1. The SMILES string of the molecule is Cc1ccc(S(=O)(=O)N2CCC(c3ccccc3)(N3CCCC3)CC2)s1. The Morgan fingerprint density at radius 2 is 1.58 bits per heavy atom. The normalized spacial score (nSPS) is 21.9. The predicted octanol–water partition coefficient (Wildman–Crippen LogP) is 3.83. The molecule has 26 heavy (non-hydrogen) atoms. The summed E-state index contributed by atoms with van der Waals surface area (Å²) < 4.78 is 28.1. The molecule has 0 spiro atoms. The highest BCUT2D eigenvalue weighted by atomic mass is 32.2. The van der Waals surface area contributed by atoms with Crippen LogP contribution in [0.15, 0.2) is 46.7 Å². The largest absolute Gasteiger partial charge is 0.293 e. The van der Waals surface area contributed by atoms with Crippen molar-refractivity contribution in [3.05, 3.63) is 52.9 Å². The Labute approximate surface area is 160 Å². The lowest BCUT2D eigenvalue weighted by Gasteiger charge is -2.47. The van der Waals surface area contributed by atoms with Gasteiger partial charge in [-0.15, -0.1) is 11.3 Å². The molecule has 140 valence electrons. The van der Waals surface area contributed by atoms with Crippen molar-refractivity contribution in [2.24, 2.45) is 0 Å². The van der Waals surface area contributed by atoms with Gasteiger partial charge in [-0.05, 0) is 63.4 Å². The lowest BCUT2D eigenvalue weighted by molar-refractivity contribution is 0.0573. The summed E-state index contributed by atoms with van der Waals surface area (Å²) in [4.78, 5) is 3.64. The van der Waals surface area contributed by atoms with Crippen LogP contribution >= 0.6 is 11.3 Å². The molecule has 1 aromatic heterocycles. The maximum absolute atomic E-state index is 13.0. The molecule has 6 heteroatoms. The second kappa shape index (κ2) is 7.08. The van der Waals surface area contributed by atoms with Gasteiger partial charge < -0.3 is 0 Å². The monoisotopic (exact) mass is 390 g/mol. The molecule has 0 N–H and O–H groups in total. The molecule has 4 nitrogen and oxygen atoms in total. The maximum atomic E-state index is 13.0. The van der Waals surface area contributed by atoms with Crippen LogP contribution in [0.4, 0.5) is 0 Å². The summed E-state index contributed by atoms with van der Waals surface area (Å²) in [7, 11) is -3.36. The molecule has 2 saturated heterocycles. The number of aryl methyl sites for hydroxylation is 1. The Hall–Kier alpha value is -1.21. The summed E-state index contributed by atoms with van der Waals surface area (Å²) in [6, 6.07) is 14.3. The van der Waals surface area contributed by atoms with E-state index in [1.807, 2.05) is 13.0 Å². The molecule has 2 fully saturated rings. The van der Waals surface area contributed by atoms with Crippen LogP contribution in [-0.2, 0) is 15.6 Å². The summed E-state index contributed by atoms with van der Waals surface area (Å²) in [6.07, 6.45) is 4.21. The molecule has 0 atom stereocenters. The van der Waals surface area contributed by atoms with Crippen LogP contribution in [-0.4, -0.2) is 43.8 Å². The number of hydrogen-bond acceptors (Lipinski definition) is 4. The van der Waals surface area contributed by atoms with Crippen LogP contribution in [0, 0.1) is 6.92 Å². The average Bonchev–Trinajstić information content (AvgIpc) is 3.35. The van der Waals surface area contributed by atoms with Gasteiger partial charge in [0.1, 0.15) is 4.21 Å². The van der Waals surface area contributed by atoms with Crippen molar-refractivity contribution in [3.63, 3.8) is 0 Å². The van der Waals surface area contributed by atoms with E-state index in [0.717, 1.165) is 30.8 Å². The van der Waals surface area contributed by atoms with Crippen LogP contribution in [0.2, 0.25) is 0 Å². The zero-order chi connectivity index (χ0) is 18.2. The summed E-state index contributed by atoms with van der Waals surface area (Å²) in [5.74, 6) is 0. The molecule has 2 aliphatic heterocycles. The molecule has 2 aliphatic rings. The van der Waals surface area contributed by atoms with E-state index in [2.05, 4.69) is 35.2 Å². The van der Waals surface area contributed by atoms with E-state index < -0.39 is 10.0 Å². The van der Waals surface area contributed by atoms with Crippen LogP contribution in [0.3, 0.4) is 0 Å². The van der Waals surface area contributed by atoms with Crippen molar-refractivity contribution in [3.8, 4) is 0 Å². The Bertz CT molecular complexity index is 847. The first-order valence-corrected chi connectivity index (χ1v) is 11.7. The van der Waals surface area contributed by atoms with Gasteiger partial charge in [-0.25, -0.2) is 8.42 Å². The minimum absolute atomic E-state index is 0.0187. The van der Waals surface area contributed by atoms with Crippen LogP contribution in [0.5, 0.6) is 0 Å². The molecule has 0 amide bonds. The Balaban J connectivity index is 1.60. The quantitative estimate of drug-likeness (QED) is 0.797. The molecule has 3 heterocycles. The molecule has 2 aromatic rings. The first-order valence-electron chi connectivity index (χ1n) is 9.40. The zero-order valence-corrected chi connectivity index (χ0v) is 16.9. The topological polar surface area (TPSA) is 40.6 Å². The lowest BCUT2D eigenvalue weighted by atomic mass is 9.80. The fourth-order valence-electron chi connectivity index (χ4n) is 4.46. The van der Waals surface area contributed by atoms with Crippen molar-refractivity contribution in [2.45, 2.75) is 42.4 Å². The first-order chi connectivity index (χ1) is 12.5. The van der Waals surface area contributed by atoms with E-state index in [-0.39, 0.29) is 5.54 Å². The van der Waals surface area contributed by atoms with Gasteiger partial charge in [0.25, 0.3) is 10.0 Å². The van der Waals surface area contributed by atoms with Gasteiger partial charge in [-0.2, -0.15) is 4.31 Å². The number of sulfonamides is 1. The number of nitrogens with zero attached hydrogens (tertiary/aromatic N) is 2. The lowest BCUT2D eigenvalue weighted by Crippen LogP contribution is -2.53. The van der Waals surface area contributed by atoms with E-state index >= 15 is 0 Å². The Morgan fingerprint density at radius 1 is 0.923 bits per heavy atom. The second-order valence-corrected chi connectivity index (χ2v) is 10.8. The van der Waals surface area contributed by atoms with Crippen LogP contribution in [0.25, 0.3) is 0 Å². The average molecular weight is 391 g/mol. The van der Waals surface area contributed by atoms with Crippen LogP contribution in [0.1, 0.15) is 36.1 Å². The third-order valence-corrected chi connectivity index (χ3v) is 9.25. The van der Waals surface area contributed by atoms with Crippen molar-refractivity contribution in [1.29, 1.82) is 0 Å². The van der Waals surface area contributed by atoms with Gasteiger partial charge in [0.2, 0.25) is 0 Å². The summed E-state index contributed by atoms with van der Waals surface area (Å²) in [5.41, 5.74) is 1.32. The van der Waals surface area contributed by atoms with Crippen molar-refractivity contribution >= 4 is 21.4 Å². The third-order valence-electron chi connectivity index (χ3n) is 5.88. The van der Waals surface area contributed by atoms with E-state index in [9.17, 15) is 8.42 Å². The zero-order valence-electron chi connectivity index (χ0n) is 15.2. The number of hydrogen-bond donors (Lipinski definition) is 0. The number of rotatable bonds is 4. The van der Waals surface area contributed by atoms with Crippen molar-refractivity contribution in [1.82, 2.24) is 9.21 Å². The molecule has 0 radical (unpaired) electrons. The molecule has 0 aliphatic carbocycles. The van der Waals surface area contributed by atoms with Gasteiger partial charge in [-0.1, -0.05) is 30.3 Å². The van der Waals surface area contributed by atoms with Gasteiger partial charge in [0.05, 0.1) is 0 Å². The van der Waals surface area contributed by atoms with E-state index in [0.29, 0.717) is 17.3 Å². The summed E-state index contributed by atoms with van der Waals surface area (Å²) >= 11 is 1.37. The van der Waals surface area contributed by atoms with Gasteiger partial charge in [0, 0.05) is 23.5 Å². The Morgan fingerprint density at radius 3 is 2.15 bits per heavy atom. The van der Waals surface area contributed by atoms with E-state index in [1.54, 1.807) is 10.4 Å². The van der Waals surface area contributed by atoms with Gasteiger partial charge in [0.15, 0.2) is 0 Å². The summed E-state index contributed by atoms with van der Waals surface area (Å²) in [5, 5.41) is 0. The number of benzene rings is 1. The highest BCUT2D eigenvalue weighted by Crippen LogP contribution is 2.42. The predicted molar refractivity (Wildman–Crippen MR) is 106 cm³/mol. The molecule has 0 unspecified atom stereocenters. The number of thiophene rings is 1. The van der Waals surface area contributed by atoms with Gasteiger partial charge >= 0.3 is 0 Å².